The lowest BCUT2D eigenvalue weighted by Gasteiger charge is -2.23. The fourth-order valence-corrected chi connectivity index (χ4v) is 7.18. The minimum atomic E-state index is -0.390. The molecule has 1 aromatic carbocycles. The number of hydrogen-bond acceptors (Lipinski definition) is 7. The quantitative estimate of drug-likeness (QED) is 0.269. The number of carbonyl (C=O) groups excluding carboxylic acids is 2. The molecule has 1 aliphatic rings. The summed E-state index contributed by atoms with van der Waals surface area (Å²) < 4.78 is 5.38. The summed E-state index contributed by atoms with van der Waals surface area (Å²) in [4.78, 5) is 33.3. The fourth-order valence-electron chi connectivity index (χ4n) is 4.86. The Morgan fingerprint density at radius 2 is 1.94 bits per heavy atom. The van der Waals surface area contributed by atoms with E-state index in [0.717, 1.165) is 58.5 Å². The molecule has 0 radical (unpaired) electrons. The van der Waals surface area contributed by atoms with Crippen molar-refractivity contribution in [2.24, 2.45) is 0 Å². The van der Waals surface area contributed by atoms with Crippen LogP contribution in [0.15, 0.2) is 42.5 Å². The topological polar surface area (TPSA) is 94.3 Å². The van der Waals surface area contributed by atoms with Crippen LogP contribution in [-0.4, -0.2) is 23.5 Å². The number of aryl methyl sites for hydroxylation is 1. The number of carbonyl (C=O) groups is 2. The molecule has 0 spiro atoms. The number of thiophene rings is 2. The second-order valence-electron chi connectivity index (χ2n) is 8.98. The maximum absolute atomic E-state index is 13.4. The number of aromatic nitrogens is 1. The van der Waals surface area contributed by atoms with Crippen LogP contribution in [-0.2, 0) is 24.0 Å². The number of anilines is 2. The number of fused-ring (bicyclic) bond motifs is 2. The first-order valence-corrected chi connectivity index (χ1v) is 14.0. The van der Waals surface area contributed by atoms with E-state index in [1.54, 1.807) is 6.92 Å². The summed E-state index contributed by atoms with van der Waals surface area (Å²) in [7, 11) is 0. The number of rotatable bonds is 7. The van der Waals surface area contributed by atoms with Gasteiger partial charge in [-0.3, -0.25) is 4.79 Å². The van der Waals surface area contributed by atoms with Gasteiger partial charge in [-0.1, -0.05) is 43.7 Å². The average molecular weight is 520 g/mol. The van der Waals surface area contributed by atoms with Gasteiger partial charge in [0, 0.05) is 16.0 Å². The van der Waals surface area contributed by atoms with Crippen molar-refractivity contribution in [3.63, 3.8) is 0 Å². The SMILES string of the molecule is CCCc1ccc2c(N)c(C(=O)Nc3sc4c(c3C(=O)OCC)CCC(c3ccccc3)C4)sc2n1. The third kappa shape index (κ3) is 4.63. The Bertz CT molecular complexity index is 1430. The highest BCUT2D eigenvalue weighted by Crippen LogP contribution is 2.43. The molecule has 6 nitrogen and oxygen atoms in total. The lowest BCUT2D eigenvalue weighted by molar-refractivity contribution is 0.0526. The van der Waals surface area contributed by atoms with Gasteiger partial charge in [0.15, 0.2) is 0 Å². The van der Waals surface area contributed by atoms with Crippen LogP contribution in [0.3, 0.4) is 0 Å². The Morgan fingerprint density at radius 1 is 1.14 bits per heavy atom. The molecular formula is C28H29N3O3S2. The molecule has 1 unspecified atom stereocenters. The summed E-state index contributed by atoms with van der Waals surface area (Å²) in [5, 5.41) is 4.32. The van der Waals surface area contributed by atoms with E-state index in [1.807, 2.05) is 18.2 Å². The van der Waals surface area contributed by atoms with Crippen molar-refractivity contribution < 1.29 is 14.3 Å². The second-order valence-corrected chi connectivity index (χ2v) is 11.1. The second kappa shape index (κ2) is 10.4. The van der Waals surface area contributed by atoms with Gasteiger partial charge in [-0.15, -0.1) is 22.7 Å². The predicted octanol–water partition coefficient (Wildman–Crippen LogP) is 6.59. The first kappa shape index (κ1) is 24.5. The summed E-state index contributed by atoms with van der Waals surface area (Å²) in [5.74, 6) is -0.326. The van der Waals surface area contributed by atoms with Crippen molar-refractivity contribution in [2.45, 2.75) is 51.9 Å². The van der Waals surface area contributed by atoms with E-state index in [-0.39, 0.29) is 12.5 Å². The zero-order valence-corrected chi connectivity index (χ0v) is 22.1. The zero-order valence-electron chi connectivity index (χ0n) is 20.4. The van der Waals surface area contributed by atoms with Crippen molar-refractivity contribution in [3.8, 4) is 0 Å². The van der Waals surface area contributed by atoms with Crippen molar-refractivity contribution in [1.82, 2.24) is 4.98 Å². The highest BCUT2D eigenvalue weighted by Gasteiger charge is 2.31. The average Bonchev–Trinajstić information content (AvgIpc) is 3.41. The number of nitrogen functional groups attached to an aromatic ring is 1. The van der Waals surface area contributed by atoms with Crippen LogP contribution in [0.2, 0.25) is 0 Å². The third-order valence-electron chi connectivity index (χ3n) is 6.61. The van der Waals surface area contributed by atoms with Gasteiger partial charge in [-0.25, -0.2) is 9.78 Å². The lowest BCUT2D eigenvalue weighted by atomic mass is 9.83. The lowest BCUT2D eigenvalue weighted by Crippen LogP contribution is -2.17. The van der Waals surface area contributed by atoms with Gasteiger partial charge in [0.2, 0.25) is 0 Å². The molecule has 5 rings (SSSR count). The molecule has 3 heterocycles. The molecule has 1 amide bonds. The number of ether oxygens (including phenoxy) is 1. The molecule has 1 aliphatic carbocycles. The van der Waals surface area contributed by atoms with Crippen LogP contribution in [0.5, 0.6) is 0 Å². The normalized spacial score (nSPS) is 15.0. The first-order valence-electron chi connectivity index (χ1n) is 12.4. The van der Waals surface area contributed by atoms with E-state index in [9.17, 15) is 9.59 Å². The van der Waals surface area contributed by atoms with Crippen LogP contribution in [0.1, 0.15) is 74.3 Å². The monoisotopic (exact) mass is 519 g/mol. The van der Waals surface area contributed by atoms with Crippen molar-refractivity contribution in [2.75, 3.05) is 17.7 Å². The minimum absolute atomic E-state index is 0.276. The van der Waals surface area contributed by atoms with Gasteiger partial charge < -0.3 is 15.8 Å². The van der Waals surface area contributed by atoms with E-state index in [0.29, 0.717) is 27.0 Å². The fraction of sp³-hybridized carbons (Fsp3) is 0.321. The predicted molar refractivity (Wildman–Crippen MR) is 147 cm³/mol. The van der Waals surface area contributed by atoms with Gasteiger partial charge in [0.05, 0.1) is 17.9 Å². The molecule has 0 aliphatic heterocycles. The van der Waals surface area contributed by atoms with Crippen molar-refractivity contribution in [3.05, 3.63) is 74.6 Å². The van der Waals surface area contributed by atoms with E-state index < -0.39 is 5.97 Å². The van der Waals surface area contributed by atoms with Gasteiger partial charge in [-0.2, -0.15) is 0 Å². The van der Waals surface area contributed by atoms with Crippen LogP contribution in [0, 0.1) is 0 Å². The Labute approximate surface area is 218 Å². The van der Waals surface area contributed by atoms with E-state index in [2.05, 4.69) is 41.5 Å². The summed E-state index contributed by atoms with van der Waals surface area (Å²) in [6, 6.07) is 14.4. The van der Waals surface area contributed by atoms with Crippen LogP contribution in [0.25, 0.3) is 10.2 Å². The largest absolute Gasteiger partial charge is 0.462 e. The smallest absolute Gasteiger partial charge is 0.341 e. The highest BCUT2D eigenvalue weighted by atomic mass is 32.1. The summed E-state index contributed by atoms with van der Waals surface area (Å²) in [6.07, 6.45) is 4.43. The molecule has 3 N–H and O–H groups in total. The Balaban J connectivity index is 1.47. The number of esters is 1. The maximum atomic E-state index is 13.4. The van der Waals surface area contributed by atoms with E-state index in [4.69, 9.17) is 10.5 Å². The molecule has 0 saturated carbocycles. The number of pyridine rings is 1. The number of benzene rings is 1. The Kier molecular flexibility index (Phi) is 7.07. The molecule has 0 saturated heterocycles. The Hall–Kier alpha value is -3.23. The number of amides is 1. The van der Waals surface area contributed by atoms with E-state index >= 15 is 0 Å². The van der Waals surface area contributed by atoms with Crippen LogP contribution >= 0.6 is 22.7 Å². The molecule has 0 bridgehead atoms. The van der Waals surface area contributed by atoms with Crippen LogP contribution in [0.4, 0.5) is 10.7 Å². The minimum Gasteiger partial charge on any atom is -0.462 e. The number of nitrogens with two attached hydrogens (primary N) is 1. The molecule has 3 aromatic heterocycles. The molecule has 0 fully saturated rings. The van der Waals surface area contributed by atoms with Crippen LogP contribution < -0.4 is 11.1 Å². The number of nitrogens with zero attached hydrogens (tertiary/aromatic N) is 1. The summed E-state index contributed by atoms with van der Waals surface area (Å²) in [5.41, 5.74) is 10.6. The van der Waals surface area contributed by atoms with Gasteiger partial charge in [0.25, 0.3) is 5.91 Å². The van der Waals surface area contributed by atoms with Crippen molar-refractivity contribution >= 4 is 55.5 Å². The molecular weight excluding hydrogens is 490 g/mol. The zero-order chi connectivity index (χ0) is 25.2. The van der Waals surface area contributed by atoms with E-state index in [1.165, 1.54) is 28.2 Å². The number of hydrogen-bond donors (Lipinski definition) is 2. The first-order chi connectivity index (χ1) is 17.5. The van der Waals surface area contributed by atoms with Gasteiger partial charge in [0.1, 0.15) is 14.7 Å². The third-order valence-corrected chi connectivity index (χ3v) is 8.89. The molecule has 4 aromatic rings. The molecule has 8 heteroatoms. The van der Waals surface area contributed by atoms with Gasteiger partial charge >= 0.3 is 5.97 Å². The van der Waals surface area contributed by atoms with Gasteiger partial charge in [-0.05, 0) is 61.8 Å². The summed E-state index contributed by atoms with van der Waals surface area (Å²) >= 11 is 2.76. The maximum Gasteiger partial charge on any atom is 0.341 e. The van der Waals surface area contributed by atoms with Crippen molar-refractivity contribution in [1.29, 1.82) is 0 Å². The molecule has 186 valence electrons. The molecule has 1 atom stereocenters. The Morgan fingerprint density at radius 3 is 2.69 bits per heavy atom. The number of nitrogens with one attached hydrogen (secondary N) is 1. The highest BCUT2D eigenvalue weighted by molar-refractivity contribution is 7.21. The summed E-state index contributed by atoms with van der Waals surface area (Å²) in [6.45, 7) is 4.17. The molecule has 36 heavy (non-hydrogen) atoms. The standard InChI is InChI=1S/C28H29N3O3S2/c1-3-8-18-12-14-20-23(29)24(36-26(20)30-18)25(32)31-27-22(28(33)34-4-2)19-13-11-17(15-21(19)35-27)16-9-6-5-7-10-16/h5-7,9-10,12,14,17H,3-4,8,11,13,15,29H2,1-2H3,(H,31,32).